The number of rotatable bonds is 3. The molecule has 0 spiro atoms. The number of hydrogen-bond donors (Lipinski definition) is 2. The summed E-state index contributed by atoms with van der Waals surface area (Å²) in [4.78, 5) is 25.1. The van der Waals surface area contributed by atoms with Crippen LogP contribution in [0.5, 0.6) is 0 Å². The van der Waals surface area contributed by atoms with Crippen LogP contribution in [0.25, 0.3) is 0 Å². The number of aryl methyl sites for hydroxylation is 1. The number of carbonyl (C=O) groups is 2. The van der Waals surface area contributed by atoms with E-state index in [9.17, 15) is 9.59 Å². The highest BCUT2D eigenvalue weighted by atomic mass is 16.5. The van der Waals surface area contributed by atoms with Crippen LogP contribution in [0.4, 0.5) is 5.69 Å². The Morgan fingerprint density at radius 3 is 3.00 bits per heavy atom. The van der Waals surface area contributed by atoms with Gasteiger partial charge in [-0.05, 0) is 18.1 Å². The fourth-order valence-corrected chi connectivity index (χ4v) is 2.39. The standard InChI is InChI=1S/C14H14N4O3/c15-16-14(20)11-7-10(21-17-11)8-18-12-4-2-1-3-9(12)5-6-13(18)19/h1-4,7H,5-6,8,15H2,(H,16,20). The lowest BCUT2D eigenvalue weighted by Crippen LogP contribution is -2.34. The van der Waals surface area contributed by atoms with Gasteiger partial charge in [-0.25, -0.2) is 5.84 Å². The maximum atomic E-state index is 12.1. The molecule has 0 aliphatic carbocycles. The average molecular weight is 286 g/mol. The number of nitrogen functional groups attached to an aromatic ring is 1. The summed E-state index contributed by atoms with van der Waals surface area (Å²) in [5, 5.41) is 3.63. The molecule has 0 atom stereocenters. The van der Waals surface area contributed by atoms with Gasteiger partial charge in [0.1, 0.15) is 0 Å². The van der Waals surface area contributed by atoms with E-state index in [4.69, 9.17) is 10.4 Å². The first-order chi connectivity index (χ1) is 10.2. The van der Waals surface area contributed by atoms with Gasteiger partial charge in [0.2, 0.25) is 5.91 Å². The minimum Gasteiger partial charge on any atom is -0.359 e. The van der Waals surface area contributed by atoms with E-state index in [0.29, 0.717) is 12.2 Å². The molecule has 1 aliphatic heterocycles. The SMILES string of the molecule is NNC(=O)c1cc(CN2C(=O)CCc3ccccc32)on1. The van der Waals surface area contributed by atoms with Crippen LogP contribution in [0.1, 0.15) is 28.2 Å². The molecule has 7 nitrogen and oxygen atoms in total. The number of anilines is 1. The molecular formula is C14H14N4O3. The summed E-state index contributed by atoms with van der Waals surface area (Å²) in [7, 11) is 0. The molecule has 0 bridgehead atoms. The van der Waals surface area contributed by atoms with Gasteiger partial charge in [0, 0.05) is 18.2 Å². The van der Waals surface area contributed by atoms with Crippen molar-refractivity contribution in [3.63, 3.8) is 0 Å². The molecule has 1 aromatic heterocycles. The molecular weight excluding hydrogens is 272 g/mol. The zero-order chi connectivity index (χ0) is 14.8. The van der Waals surface area contributed by atoms with Gasteiger partial charge in [-0.2, -0.15) is 0 Å². The van der Waals surface area contributed by atoms with Gasteiger partial charge in [0.15, 0.2) is 11.5 Å². The van der Waals surface area contributed by atoms with E-state index in [-0.39, 0.29) is 18.1 Å². The minimum atomic E-state index is -0.532. The normalized spacial score (nSPS) is 14.0. The Morgan fingerprint density at radius 1 is 1.38 bits per heavy atom. The summed E-state index contributed by atoms with van der Waals surface area (Å²) in [6.45, 7) is 0.237. The van der Waals surface area contributed by atoms with Crippen LogP contribution in [0, 0.1) is 0 Å². The summed E-state index contributed by atoms with van der Waals surface area (Å²) >= 11 is 0. The molecule has 0 fully saturated rings. The van der Waals surface area contributed by atoms with Crippen LogP contribution >= 0.6 is 0 Å². The second-order valence-corrected chi connectivity index (χ2v) is 4.76. The Morgan fingerprint density at radius 2 is 2.19 bits per heavy atom. The van der Waals surface area contributed by atoms with Crippen LogP contribution < -0.4 is 16.2 Å². The third-order valence-corrected chi connectivity index (χ3v) is 3.43. The largest absolute Gasteiger partial charge is 0.359 e. The number of amides is 2. The highest BCUT2D eigenvalue weighted by Crippen LogP contribution is 2.28. The summed E-state index contributed by atoms with van der Waals surface area (Å²) in [5.41, 5.74) is 4.06. The third kappa shape index (κ3) is 2.50. The van der Waals surface area contributed by atoms with Crippen LogP contribution in [-0.2, 0) is 17.8 Å². The Balaban J connectivity index is 1.86. The zero-order valence-corrected chi connectivity index (χ0v) is 11.2. The maximum Gasteiger partial charge on any atom is 0.287 e. The number of benzene rings is 1. The van der Waals surface area contributed by atoms with Crippen LogP contribution in [-0.4, -0.2) is 17.0 Å². The van der Waals surface area contributed by atoms with Crippen molar-refractivity contribution in [2.45, 2.75) is 19.4 Å². The van der Waals surface area contributed by atoms with E-state index in [0.717, 1.165) is 17.7 Å². The fourth-order valence-electron chi connectivity index (χ4n) is 2.39. The van der Waals surface area contributed by atoms with Crippen molar-refractivity contribution in [3.8, 4) is 0 Å². The molecule has 3 rings (SSSR count). The van der Waals surface area contributed by atoms with E-state index in [1.165, 1.54) is 6.07 Å². The molecule has 0 unspecified atom stereocenters. The predicted molar refractivity (Wildman–Crippen MR) is 74.1 cm³/mol. The second-order valence-electron chi connectivity index (χ2n) is 4.76. The highest BCUT2D eigenvalue weighted by Gasteiger charge is 2.25. The number of fused-ring (bicyclic) bond motifs is 1. The van der Waals surface area contributed by atoms with Gasteiger partial charge in [-0.1, -0.05) is 23.4 Å². The number of aromatic nitrogens is 1. The molecule has 1 aliphatic rings. The maximum absolute atomic E-state index is 12.1. The lowest BCUT2D eigenvalue weighted by atomic mass is 10.0. The van der Waals surface area contributed by atoms with Gasteiger partial charge in [0.25, 0.3) is 5.91 Å². The van der Waals surface area contributed by atoms with Crippen LogP contribution in [0.2, 0.25) is 0 Å². The molecule has 2 heterocycles. The number of nitrogens with one attached hydrogen (secondary N) is 1. The van der Waals surface area contributed by atoms with Gasteiger partial charge in [-0.3, -0.25) is 15.0 Å². The fraction of sp³-hybridized carbons (Fsp3) is 0.214. The quantitative estimate of drug-likeness (QED) is 0.492. The van der Waals surface area contributed by atoms with Crippen molar-refractivity contribution in [1.29, 1.82) is 0 Å². The summed E-state index contributed by atoms with van der Waals surface area (Å²) in [5.74, 6) is 4.96. The molecule has 108 valence electrons. The first kappa shape index (κ1) is 13.3. The van der Waals surface area contributed by atoms with E-state index >= 15 is 0 Å². The van der Waals surface area contributed by atoms with Crippen molar-refractivity contribution in [3.05, 3.63) is 47.3 Å². The van der Waals surface area contributed by atoms with Crippen molar-refractivity contribution in [1.82, 2.24) is 10.6 Å². The molecule has 3 N–H and O–H groups in total. The van der Waals surface area contributed by atoms with Gasteiger partial charge in [-0.15, -0.1) is 0 Å². The van der Waals surface area contributed by atoms with Crippen LogP contribution in [0.3, 0.4) is 0 Å². The second kappa shape index (κ2) is 5.37. The molecule has 21 heavy (non-hydrogen) atoms. The number of nitrogens with two attached hydrogens (primary N) is 1. The first-order valence-electron chi connectivity index (χ1n) is 6.54. The van der Waals surface area contributed by atoms with Crippen molar-refractivity contribution in [2.24, 2.45) is 5.84 Å². The van der Waals surface area contributed by atoms with Crippen molar-refractivity contribution in [2.75, 3.05) is 4.90 Å². The number of para-hydroxylation sites is 1. The average Bonchev–Trinajstić information content (AvgIpc) is 2.98. The van der Waals surface area contributed by atoms with E-state index < -0.39 is 5.91 Å². The van der Waals surface area contributed by atoms with Gasteiger partial charge < -0.3 is 9.42 Å². The number of hydrazine groups is 1. The lowest BCUT2D eigenvalue weighted by molar-refractivity contribution is -0.119. The van der Waals surface area contributed by atoms with E-state index in [1.807, 2.05) is 29.7 Å². The Bertz CT molecular complexity index is 695. The third-order valence-electron chi connectivity index (χ3n) is 3.43. The molecule has 0 saturated heterocycles. The topological polar surface area (TPSA) is 101 Å². The Hall–Kier alpha value is -2.67. The van der Waals surface area contributed by atoms with E-state index in [1.54, 1.807) is 4.90 Å². The summed E-state index contributed by atoms with van der Waals surface area (Å²) in [6.07, 6.45) is 1.20. The van der Waals surface area contributed by atoms with Crippen molar-refractivity contribution >= 4 is 17.5 Å². The molecule has 0 radical (unpaired) electrons. The molecule has 1 aromatic carbocycles. The van der Waals surface area contributed by atoms with Crippen molar-refractivity contribution < 1.29 is 14.1 Å². The predicted octanol–water partition coefficient (Wildman–Crippen LogP) is 0.757. The first-order valence-corrected chi connectivity index (χ1v) is 6.54. The zero-order valence-electron chi connectivity index (χ0n) is 11.2. The number of nitrogens with zero attached hydrogens (tertiary/aromatic N) is 2. The summed E-state index contributed by atoms with van der Waals surface area (Å²) in [6, 6.07) is 9.22. The van der Waals surface area contributed by atoms with Crippen LogP contribution in [0.15, 0.2) is 34.9 Å². The molecule has 7 heteroatoms. The van der Waals surface area contributed by atoms with Gasteiger partial charge >= 0.3 is 0 Å². The smallest absolute Gasteiger partial charge is 0.287 e. The molecule has 0 saturated carbocycles. The lowest BCUT2D eigenvalue weighted by Gasteiger charge is -2.28. The monoisotopic (exact) mass is 286 g/mol. The van der Waals surface area contributed by atoms with E-state index in [2.05, 4.69) is 5.16 Å². The Kier molecular flexibility index (Phi) is 3.41. The Labute approximate surface area is 120 Å². The van der Waals surface area contributed by atoms with Gasteiger partial charge in [0.05, 0.1) is 6.54 Å². The molecule has 2 aromatic rings. The molecule has 2 amide bonds. The number of carbonyl (C=O) groups excluding carboxylic acids is 2. The summed E-state index contributed by atoms with van der Waals surface area (Å²) < 4.78 is 5.09. The minimum absolute atomic E-state index is 0.0231. The number of hydrogen-bond acceptors (Lipinski definition) is 5. The highest BCUT2D eigenvalue weighted by molar-refractivity contribution is 5.96.